The van der Waals surface area contributed by atoms with E-state index >= 15 is 0 Å². The molecule has 1 aromatic rings. The van der Waals surface area contributed by atoms with Gasteiger partial charge in [0.1, 0.15) is 5.75 Å². The van der Waals surface area contributed by atoms with Gasteiger partial charge in [-0.3, -0.25) is 4.79 Å². The van der Waals surface area contributed by atoms with E-state index in [2.05, 4.69) is 5.32 Å². The Morgan fingerprint density at radius 2 is 1.70 bits per heavy atom. The molecule has 4 fully saturated rings. The highest BCUT2D eigenvalue weighted by Crippen LogP contribution is 2.60. The number of hydrogen-bond acceptors (Lipinski definition) is 3. The summed E-state index contributed by atoms with van der Waals surface area (Å²) in [5.41, 5.74) is 0.909. The van der Waals surface area contributed by atoms with Crippen molar-refractivity contribution >= 4 is 23.9 Å². The van der Waals surface area contributed by atoms with Gasteiger partial charge < -0.3 is 10.1 Å². The van der Waals surface area contributed by atoms with Gasteiger partial charge in [-0.05, 0) is 68.4 Å². The topological polar surface area (TPSA) is 38.3 Å². The number of hydrogen-bond donors (Lipinski definition) is 1. The zero-order valence-electron chi connectivity index (χ0n) is 13.7. The number of methoxy groups -OCH3 is 1. The molecule has 0 unspecified atom stereocenters. The Morgan fingerprint density at radius 1 is 1.13 bits per heavy atom. The van der Waals surface area contributed by atoms with E-state index in [4.69, 9.17) is 4.74 Å². The quantitative estimate of drug-likeness (QED) is 0.871. The van der Waals surface area contributed by atoms with Crippen LogP contribution in [0.4, 0.5) is 5.69 Å². The number of halogens is 1. The first-order valence-electron chi connectivity index (χ1n) is 8.59. The molecule has 1 N–H and O–H groups in total. The van der Waals surface area contributed by atoms with Crippen LogP contribution in [0.2, 0.25) is 0 Å². The molecule has 4 bridgehead atoms. The van der Waals surface area contributed by atoms with Crippen LogP contribution in [0.3, 0.4) is 0 Å². The summed E-state index contributed by atoms with van der Waals surface area (Å²) in [7, 11) is 1.67. The summed E-state index contributed by atoms with van der Waals surface area (Å²) in [5, 5.41) is 3.31. The first-order chi connectivity index (χ1) is 10.7. The van der Waals surface area contributed by atoms with Crippen LogP contribution in [0.5, 0.6) is 5.75 Å². The molecule has 0 atom stereocenters. The molecule has 0 amide bonds. The highest BCUT2D eigenvalue weighted by atomic mass is 35.5. The van der Waals surface area contributed by atoms with Crippen LogP contribution in [0, 0.1) is 23.2 Å². The van der Waals surface area contributed by atoms with Crippen molar-refractivity contribution < 1.29 is 9.53 Å². The smallest absolute Gasteiger partial charge is 0.158 e. The van der Waals surface area contributed by atoms with Gasteiger partial charge in [-0.1, -0.05) is 12.1 Å². The minimum absolute atomic E-state index is 0. The van der Waals surface area contributed by atoms with Crippen molar-refractivity contribution in [2.75, 3.05) is 19.0 Å². The van der Waals surface area contributed by atoms with Gasteiger partial charge in [0, 0.05) is 5.41 Å². The Kier molecular flexibility index (Phi) is 4.59. The molecule has 0 aromatic heterocycles. The van der Waals surface area contributed by atoms with E-state index in [0.717, 1.165) is 48.5 Å². The van der Waals surface area contributed by atoms with Gasteiger partial charge in [-0.25, -0.2) is 0 Å². The summed E-state index contributed by atoms with van der Waals surface area (Å²) >= 11 is 0. The predicted molar refractivity (Wildman–Crippen MR) is 94.3 cm³/mol. The molecule has 5 rings (SSSR count). The van der Waals surface area contributed by atoms with Crippen LogP contribution in [0.25, 0.3) is 0 Å². The summed E-state index contributed by atoms with van der Waals surface area (Å²) in [6.45, 7) is 0.437. The largest absolute Gasteiger partial charge is 0.495 e. The van der Waals surface area contributed by atoms with Crippen LogP contribution >= 0.6 is 12.4 Å². The second-order valence-electron chi connectivity index (χ2n) is 7.67. The molecule has 4 heteroatoms. The zero-order valence-corrected chi connectivity index (χ0v) is 14.5. The van der Waals surface area contributed by atoms with Crippen LogP contribution in [0.1, 0.15) is 38.5 Å². The van der Waals surface area contributed by atoms with E-state index in [1.807, 2.05) is 24.3 Å². The molecular weight excluding hydrogens is 310 g/mol. The molecule has 1 aromatic carbocycles. The summed E-state index contributed by atoms with van der Waals surface area (Å²) in [5.74, 6) is 3.70. The van der Waals surface area contributed by atoms with Crippen molar-refractivity contribution in [1.29, 1.82) is 0 Å². The third-order valence-electron chi connectivity index (χ3n) is 6.18. The lowest BCUT2D eigenvalue weighted by Gasteiger charge is -2.56. The Labute approximate surface area is 144 Å². The molecule has 4 saturated carbocycles. The second-order valence-corrected chi connectivity index (χ2v) is 7.67. The summed E-state index contributed by atoms with van der Waals surface area (Å²) in [4.78, 5) is 13.0. The fourth-order valence-electron chi connectivity index (χ4n) is 5.61. The van der Waals surface area contributed by atoms with Crippen molar-refractivity contribution in [3.05, 3.63) is 24.3 Å². The van der Waals surface area contributed by atoms with Crippen LogP contribution in [-0.2, 0) is 4.79 Å². The van der Waals surface area contributed by atoms with E-state index < -0.39 is 0 Å². The number of Topliss-reactive ketones (excluding diaryl/α,β-unsaturated/α-hetero) is 1. The Morgan fingerprint density at radius 3 is 2.26 bits per heavy atom. The SMILES string of the molecule is COc1ccccc1NCC(=O)C12CC3CC(CC(C3)C1)C2.Cl. The third-order valence-corrected chi connectivity index (χ3v) is 6.18. The Balaban J connectivity index is 0.00000156. The standard InChI is InChI=1S/C19H25NO2.ClH/c1-22-17-5-3-2-4-16(17)20-12-18(21)19-9-13-6-14(10-19)8-15(7-13)11-19;/h2-5,13-15,20H,6-12H2,1H3;1H. The summed E-state index contributed by atoms with van der Waals surface area (Å²) in [6, 6.07) is 7.83. The van der Waals surface area contributed by atoms with Gasteiger partial charge in [-0.2, -0.15) is 0 Å². The number of para-hydroxylation sites is 2. The third kappa shape index (κ3) is 2.96. The summed E-state index contributed by atoms with van der Waals surface area (Å²) in [6.07, 6.45) is 7.58. The molecule has 0 radical (unpaired) electrons. The monoisotopic (exact) mass is 335 g/mol. The predicted octanol–water partition coefficient (Wildman–Crippen LogP) is 4.31. The number of benzene rings is 1. The minimum Gasteiger partial charge on any atom is -0.495 e. The van der Waals surface area contributed by atoms with Crippen molar-refractivity contribution in [2.24, 2.45) is 23.2 Å². The summed E-state index contributed by atoms with van der Waals surface area (Å²) < 4.78 is 5.35. The number of ether oxygens (including phenoxy) is 1. The molecule has 0 spiro atoms. The first kappa shape index (κ1) is 16.6. The highest BCUT2D eigenvalue weighted by molar-refractivity contribution is 5.89. The molecule has 4 aliphatic carbocycles. The average Bonchev–Trinajstić information content (AvgIpc) is 2.51. The lowest BCUT2D eigenvalue weighted by Crippen LogP contribution is -2.51. The van der Waals surface area contributed by atoms with Gasteiger partial charge in [0.2, 0.25) is 0 Å². The Hall–Kier alpha value is -1.22. The van der Waals surface area contributed by atoms with Crippen molar-refractivity contribution in [1.82, 2.24) is 0 Å². The van der Waals surface area contributed by atoms with E-state index in [-0.39, 0.29) is 17.8 Å². The molecule has 23 heavy (non-hydrogen) atoms. The van der Waals surface area contributed by atoms with Crippen LogP contribution in [-0.4, -0.2) is 19.4 Å². The minimum atomic E-state index is -0.0102. The zero-order chi connectivity index (χ0) is 15.2. The van der Waals surface area contributed by atoms with E-state index in [0.29, 0.717) is 12.3 Å². The lowest BCUT2D eigenvalue weighted by molar-refractivity contribution is -0.141. The van der Waals surface area contributed by atoms with E-state index in [9.17, 15) is 4.79 Å². The lowest BCUT2D eigenvalue weighted by atomic mass is 9.48. The second kappa shape index (κ2) is 6.35. The Bertz CT molecular complexity index is 551. The molecule has 0 aliphatic heterocycles. The number of anilines is 1. The fraction of sp³-hybridized carbons (Fsp3) is 0.632. The maximum atomic E-state index is 13.0. The van der Waals surface area contributed by atoms with Gasteiger partial charge in [0.05, 0.1) is 19.3 Å². The maximum Gasteiger partial charge on any atom is 0.158 e. The van der Waals surface area contributed by atoms with Gasteiger partial charge in [0.25, 0.3) is 0 Å². The molecule has 4 aliphatic rings. The van der Waals surface area contributed by atoms with E-state index in [1.165, 1.54) is 19.3 Å². The molecule has 3 nitrogen and oxygen atoms in total. The van der Waals surface area contributed by atoms with Crippen molar-refractivity contribution in [2.45, 2.75) is 38.5 Å². The average molecular weight is 336 g/mol. The number of ketones is 1. The number of nitrogens with one attached hydrogen (secondary N) is 1. The van der Waals surface area contributed by atoms with Crippen LogP contribution in [0.15, 0.2) is 24.3 Å². The maximum absolute atomic E-state index is 13.0. The first-order valence-corrected chi connectivity index (χ1v) is 8.59. The fourth-order valence-corrected chi connectivity index (χ4v) is 5.61. The van der Waals surface area contributed by atoms with Crippen molar-refractivity contribution in [3.8, 4) is 5.75 Å². The molecular formula is C19H26ClNO2. The molecule has 126 valence electrons. The van der Waals surface area contributed by atoms with Crippen molar-refractivity contribution in [3.63, 3.8) is 0 Å². The van der Waals surface area contributed by atoms with Gasteiger partial charge in [0.15, 0.2) is 5.78 Å². The number of carbonyl (C=O) groups excluding carboxylic acids is 1. The highest BCUT2D eigenvalue weighted by Gasteiger charge is 2.54. The molecule has 0 saturated heterocycles. The molecule has 0 heterocycles. The van der Waals surface area contributed by atoms with E-state index in [1.54, 1.807) is 7.11 Å². The van der Waals surface area contributed by atoms with Crippen LogP contribution < -0.4 is 10.1 Å². The normalized spacial score (nSPS) is 33.9. The number of carbonyl (C=O) groups is 1. The number of rotatable bonds is 5. The van der Waals surface area contributed by atoms with Gasteiger partial charge >= 0.3 is 0 Å². The van der Waals surface area contributed by atoms with Gasteiger partial charge in [-0.15, -0.1) is 12.4 Å².